The maximum Gasteiger partial charge on any atom is 0.357 e. The zero-order chi connectivity index (χ0) is 20.6. The highest BCUT2D eigenvalue weighted by atomic mass is 32.1. The molecule has 2 atom stereocenters. The third-order valence-corrected chi connectivity index (χ3v) is 7.31. The highest BCUT2D eigenvalue weighted by Gasteiger charge is 2.53. The van der Waals surface area contributed by atoms with Crippen LogP contribution in [-0.2, 0) is 17.8 Å². The largest absolute Gasteiger partial charge is 0.481 e. The lowest BCUT2D eigenvalue weighted by Gasteiger charge is -2.28. The molecular weight excluding hydrogens is 394 g/mol. The second kappa shape index (κ2) is 7.79. The quantitative estimate of drug-likeness (QED) is 0.673. The number of hydrogen-bond donors (Lipinski definition) is 2. The Morgan fingerprint density at radius 3 is 2.72 bits per heavy atom. The van der Waals surface area contributed by atoms with Gasteiger partial charge in [0.2, 0.25) is 0 Å². The molecule has 0 radical (unpaired) electrons. The van der Waals surface area contributed by atoms with Gasteiger partial charge in [-0.2, -0.15) is 4.98 Å². The first-order valence-electron chi connectivity index (χ1n) is 9.84. The second-order valence-corrected chi connectivity index (χ2v) is 9.30. The van der Waals surface area contributed by atoms with Crippen molar-refractivity contribution in [3.63, 3.8) is 0 Å². The van der Waals surface area contributed by atoms with Crippen molar-refractivity contribution in [2.75, 3.05) is 31.1 Å². The van der Waals surface area contributed by atoms with Crippen LogP contribution in [0.2, 0.25) is 0 Å². The minimum atomic E-state index is -1.12. The van der Waals surface area contributed by atoms with Gasteiger partial charge in [-0.1, -0.05) is 6.92 Å². The van der Waals surface area contributed by atoms with Gasteiger partial charge in [0.25, 0.3) is 6.01 Å². The molecule has 2 aromatic heterocycles. The van der Waals surface area contributed by atoms with Crippen LogP contribution in [0.5, 0.6) is 0 Å². The molecule has 2 fully saturated rings. The Morgan fingerprint density at radius 2 is 2.07 bits per heavy atom. The molecule has 8 nitrogen and oxygen atoms in total. The van der Waals surface area contributed by atoms with Crippen LogP contribution in [0.4, 0.5) is 6.01 Å². The maximum atomic E-state index is 11.3. The molecule has 2 aromatic rings. The van der Waals surface area contributed by atoms with Crippen molar-refractivity contribution in [3.05, 3.63) is 33.8 Å². The SMILES string of the molecule is CCc1ccc(CN2CC3CN(c4nc(C(=O)O)co4)CC3(CCC(=O)O)C2)s1. The fourth-order valence-electron chi connectivity index (χ4n) is 4.70. The minimum absolute atomic E-state index is 0.109. The Kier molecular flexibility index (Phi) is 5.35. The number of carboxylic acid groups (broad SMARTS) is 2. The number of aliphatic carboxylic acids is 1. The lowest BCUT2D eigenvalue weighted by Crippen LogP contribution is -2.34. The van der Waals surface area contributed by atoms with E-state index >= 15 is 0 Å². The summed E-state index contributed by atoms with van der Waals surface area (Å²) in [6.45, 7) is 6.09. The first kappa shape index (κ1) is 19.9. The summed E-state index contributed by atoms with van der Waals surface area (Å²) in [6, 6.07) is 4.68. The van der Waals surface area contributed by atoms with E-state index in [-0.39, 0.29) is 17.5 Å². The van der Waals surface area contributed by atoms with Crippen LogP contribution in [0.1, 0.15) is 40.0 Å². The third kappa shape index (κ3) is 4.02. The van der Waals surface area contributed by atoms with E-state index in [2.05, 4.69) is 28.9 Å². The molecule has 2 aliphatic heterocycles. The molecule has 0 bridgehead atoms. The minimum Gasteiger partial charge on any atom is -0.481 e. The van der Waals surface area contributed by atoms with Crippen LogP contribution in [0.15, 0.2) is 22.8 Å². The predicted molar refractivity (Wildman–Crippen MR) is 107 cm³/mol. The highest BCUT2D eigenvalue weighted by molar-refractivity contribution is 7.11. The molecule has 0 spiro atoms. The molecular formula is C20H25N3O5S. The smallest absolute Gasteiger partial charge is 0.357 e. The Bertz CT molecular complexity index is 910. The summed E-state index contributed by atoms with van der Waals surface area (Å²) in [4.78, 5) is 33.5. The van der Waals surface area contributed by atoms with Gasteiger partial charge in [0.15, 0.2) is 5.69 Å². The van der Waals surface area contributed by atoms with Crippen molar-refractivity contribution in [1.82, 2.24) is 9.88 Å². The topological polar surface area (TPSA) is 107 Å². The molecule has 2 aliphatic rings. The van der Waals surface area contributed by atoms with E-state index in [9.17, 15) is 14.7 Å². The number of anilines is 1. The normalized spacial score (nSPS) is 24.2. The number of fused-ring (bicyclic) bond motifs is 1. The van der Waals surface area contributed by atoms with E-state index in [0.29, 0.717) is 31.4 Å². The lowest BCUT2D eigenvalue weighted by molar-refractivity contribution is -0.137. The first-order chi connectivity index (χ1) is 13.9. The van der Waals surface area contributed by atoms with Gasteiger partial charge in [0.05, 0.1) is 0 Å². The van der Waals surface area contributed by atoms with Gasteiger partial charge in [0.1, 0.15) is 6.26 Å². The molecule has 156 valence electrons. The highest BCUT2D eigenvalue weighted by Crippen LogP contribution is 2.47. The van der Waals surface area contributed by atoms with Crippen molar-refractivity contribution in [2.24, 2.45) is 11.3 Å². The van der Waals surface area contributed by atoms with E-state index < -0.39 is 11.9 Å². The van der Waals surface area contributed by atoms with Gasteiger partial charge < -0.3 is 19.5 Å². The van der Waals surface area contributed by atoms with Crippen molar-refractivity contribution in [2.45, 2.75) is 32.7 Å². The van der Waals surface area contributed by atoms with E-state index in [4.69, 9.17) is 9.52 Å². The standard InChI is InChI=1S/C20H25N3O5S/c1-2-14-3-4-15(29-14)9-22-7-13-8-23(19-21-16(10-28-19)18(26)27)12-20(13,11-22)6-5-17(24)25/h3-4,10,13H,2,5-9,11-12H2,1H3,(H,24,25)(H,26,27). The Morgan fingerprint density at radius 1 is 1.28 bits per heavy atom. The number of carbonyl (C=O) groups is 2. The monoisotopic (exact) mass is 419 g/mol. The fourth-order valence-corrected chi connectivity index (χ4v) is 5.70. The summed E-state index contributed by atoms with van der Waals surface area (Å²) in [5, 5.41) is 18.3. The summed E-state index contributed by atoms with van der Waals surface area (Å²) in [6.07, 6.45) is 2.92. The molecule has 9 heteroatoms. The number of thiophene rings is 1. The predicted octanol–water partition coefficient (Wildman–Crippen LogP) is 2.80. The van der Waals surface area contributed by atoms with Crippen LogP contribution in [0.3, 0.4) is 0 Å². The number of aryl methyl sites for hydroxylation is 1. The van der Waals surface area contributed by atoms with E-state index in [1.54, 1.807) is 0 Å². The maximum absolute atomic E-state index is 11.3. The molecule has 0 aromatic carbocycles. The van der Waals surface area contributed by atoms with Crippen LogP contribution < -0.4 is 4.90 Å². The first-order valence-corrected chi connectivity index (χ1v) is 10.7. The number of aromatic carboxylic acids is 1. The fraction of sp³-hybridized carbons (Fsp3) is 0.550. The molecule has 4 rings (SSSR count). The van der Waals surface area contributed by atoms with E-state index in [0.717, 1.165) is 32.3 Å². The summed E-state index contributed by atoms with van der Waals surface area (Å²) < 4.78 is 5.39. The number of nitrogens with zero attached hydrogens (tertiary/aromatic N) is 3. The summed E-state index contributed by atoms with van der Waals surface area (Å²) in [7, 11) is 0. The Labute approximate surface area is 172 Å². The Balaban J connectivity index is 1.49. The third-order valence-electron chi connectivity index (χ3n) is 6.09. The molecule has 2 unspecified atom stereocenters. The molecule has 4 heterocycles. The van der Waals surface area contributed by atoms with Crippen molar-refractivity contribution in [1.29, 1.82) is 0 Å². The van der Waals surface area contributed by atoms with Crippen LogP contribution in [0, 0.1) is 11.3 Å². The summed E-state index contributed by atoms with van der Waals surface area (Å²) in [5.74, 6) is -1.61. The lowest BCUT2D eigenvalue weighted by atomic mass is 9.77. The molecule has 0 saturated carbocycles. The van der Waals surface area contributed by atoms with Crippen LogP contribution in [-0.4, -0.2) is 58.2 Å². The van der Waals surface area contributed by atoms with Gasteiger partial charge in [-0.3, -0.25) is 9.69 Å². The number of oxazole rings is 1. The zero-order valence-electron chi connectivity index (χ0n) is 16.3. The molecule has 0 aliphatic carbocycles. The molecule has 2 N–H and O–H groups in total. The Hall–Kier alpha value is -2.39. The van der Waals surface area contributed by atoms with Gasteiger partial charge in [-0.25, -0.2) is 4.79 Å². The van der Waals surface area contributed by atoms with Gasteiger partial charge >= 0.3 is 11.9 Å². The number of rotatable bonds is 8. The molecule has 0 amide bonds. The van der Waals surface area contributed by atoms with Crippen molar-refractivity contribution in [3.8, 4) is 0 Å². The number of carboxylic acids is 2. The van der Waals surface area contributed by atoms with Crippen LogP contribution in [0.25, 0.3) is 0 Å². The summed E-state index contributed by atoms with van der Waals surface area (Å²) in [5.41, 5.74) is -0.260. The second-order valence-electron chi connectivity index (χ2n) is 8.05. The van der Waals surface area contributed by atoms with E-state index in [1.165, 1.54) is 9.75 Å². The number of likely N-dealkylation sites (tertiary alicyclic amines) is 1. The van der Waals surface area contributed by atoms with Gasteiger partial charge in [0, 0.05) is 54.3 Å². The summed E-state index contributed by atoms with van der Waals surface area (Å²) >= 11 is 1.84. The van der Waals surface area contributed by atoms with Crippen molar-refractivity contribution < 1.29 is 24.2 Å². The molecule has 2 saturated heterocycles. The average Bonchev–Trinajstić information content (AvgIpc) is 3.42. The zero-order valence-corrected chi connectivity index (χ0v) is 17.2. The van der Waals surface area contributed by atoms with Gasteiger partial charge in [-0.15, -0.1) is 11.3 Å². The van der Waals surface area contributed by atoms with Crippen LogP contribution >= 0.6 is 11.3 Å². The average molecular weight is 420 g/mol. The van der Waals surface area contributed by atoms with Gasteiger partial charge in [-0.05, 0) is 30.9 Å². The number of hydrogen-bond acceptors (Lipinski definition) is 7. The number of aromatic nitrogens is 1. The molecule has 29 heavy (non-hydrogen) atoms. The van der Waals surface area contributed by atoms with E-state index in [1.807, 2.05) is 16.2 Å². The van der Waals surface area contributed by atoms with Crippen molar-refractivity contribution >= 4 is 29.3 Å².